The van der Waals surface area contributed by atoms with E-state index >= 15 is 0 Å². The summed E-state index contributed by atoms with van der Waals surface area (Å²) in [5.41, 5.74) is -0.109. The van der Waals surface area contributed by atoms with Crippen molar-refractivity contribution in [2.24, 2.45) is 0 Å². The summed E-state index contributed by atoms with van der Waals surface area (Å²) in [5.74, 6) is 1.65. The van der Waals surface area contributed by atoms with Gasteiger partial charge in [-0.05, 0) is 30.6 Å². The summed E-state index contributed by atoms with van der Waals surface area (Å²) in [6, 6.07) is 4.68. The number of hydrogen-bond acceptors (Lipinski definition) is 7. The number of benzene rings is 1. The Kier molecular flexibility index (Phi) is 6.44. The van der Waals surface area contributed by atoms with Crippen LogP contribution in [0.3, 0.4) is 0 Å². The Labute approximate surface area is 161 Å². The number of hydrogen-bond donors (Lipinski definition) is 1. The fourth-order valence-corrected chi connectivity index (χ4v) is 5.38. The molecule has 1 aromatic rings. The lowest BCUT2D eigenvalue weighted by Gasteiger charge is -2.43. The molecule has 7 nitrogen and oxygen atoms in total. The highest BCUT2D eigenvalue weighted by Gasteiger charge is 2.41. The van der Waals surface area contributed by atoms with Crippen molar-refractivity contribution in [1.29, 1.82) is 0 Å². The molecule has 2 heterocycles. The average molecular weight is 398 g/mol. The smallest absolute Gasteiger partial charge is 0.282 e. The molecule has 9 heteroatoms. The molecule has 0 aromatic heterocycles. The molecule has 0 saturated carbocycles. The lowest BCUT2D eigenvalue weighted by atomic mass is 9.95. The van der Waals surface area contributed by atoms with Gasteiger partial charge in [-0.15, -0.1) is 11.8 Å². The van der Waals surface area contributed by atoms with Crippen molar-refractivity contribution in [1.82, 2.24) is 10.2 Å². The van der Waals surface area contributed by atoms with Crippen molar-refractivity contribution >= 4 is 35.1 Å². The summed E-state index contributed by atoms with van der Waals surface area (Å²) in [5, 5.41) is 14.3. The van der Waals surface area contributed by atoms with Crippen LogP contribution in [0, 0.1) is 10.1 Å². The Morgan fingerprint density at radius 2 is 2.23 bits per heavy atom. The zero-order valence-electron chi connectivity index (χ0n) is 14.7. The molecule has 1 N–H and O–H groups in total. The lowest BCUT2D eigenvalue weighted by Crippen LogP contribution is -2.59. The van der Waals surface area contributed by atoms with E-state index in [2.05, 4.69) is 10.2 Å². The summed E-state index contributed by atoms with van der Waals surface area (Å²) in [6.45, 7) is 3.64. The maximum Gasteiger partial charge on any atom is 0.282 e. The van der Waals surface area contributed by atoms with Crippen LogP contribution < -0.4 is 5.32 Å². The fourth-order valence-electron chi connectivity index (χ4n) is 3.46. The van der Waals surface area contributed by atoms with Crippen LogP contribution in [-0.4, -0.2) is 71.9 Å². The van der Waals surface area contributed by atoms with Gasteiger partial charge in [-0.1, -0.05) is 0 Å². The number of amides is 1. The van der Waals surface area contributed by atoms with E-state index < -0.39 is 4.92 Å². The summed E-state index contributed by atoms with van der Waals surface area (Å²) in [6.07, 6.45) is 2.89. The van der Waals surface area contributed by atoms with E-state index in [0.29, 0.717) is 19.8 Å². The van der Waals surface area contributed by atoms with Gasteiger partial charge in [-0.25, -0.2) is 0 Å². The van der Waals surface area contributed by atoms with Crippen LogP contribution in [-0.2, 0) is 4.74 Å². The molecule has 0 spiro atoms. The number of carbonyl (C=O) groups excluding carboxylic acids is 1. The fraction of sp³-hybridized carbons (Fsp3) is 0.588. The monoisotopic (exact) mass is 397 g/mol. The molecule has 0 radical (unpaired) electrons. The zero-order chi connectivity index (χ0) is 18.6. The van der Waals surface area contributed by atoms with E-state index in [1.165, 1.54) is 17.8 Å². The van der Waals surface area contributed by atoms with Gasteiger partial charge < -0.3 is 10.1 Å². The molecule has 1 unspecified atom stereocenters. The molecule has 26 heavy (non-hydrogen) atoms. The second-order valence-electron chi connectivity index (χ2n) is 6.45. The van der Waals surface area contributed by atoms with Crippen LogP contribution in [0.1, 0.15) is 16.8 Å². The van der Waals surface area contributed by atoms with E-state index in [4.69, 9.17) is 4.74 Å². The van der Waals surface area contributed by atoms with Crippen molar-refractivity contribution < 1.29 is 14.5 Å². The molecule has 3 rings (SSSR count). The van der Waals surface area contributed by atoms with Gasteiger partial charge in [0.1, 0.15) is 5.56 Å². The average Bonchev–Trinajstić information content (AvgIpc) is 3.16. The minimum absolute atomic E-state index is 0.0873. The van der Waals surface area contributed by atoms with Gasteiger partial charge in [0.25, 0.3) is 11.6 Å². The van der Waals surface area contributed by atoms with E-state index in [1.807, 2.05) is 18.0 Å². The Morgan fingerprint density at radius 1 is 1.46 bits per heavy atom. The highest BCUT2D eigenvalue weighted by molar-refractivity contribution is 7.99. The third-order valence-electron chi connectivity index (χ3n) is 4.99. The van der Waals surface area contributed by atoms with Crippen molar-refractivity contribution in [3.63, 3.8) is 0 Å². The number of rotatable bonds is 6. The number of nitro benzene ring substituents is 1. The molecule has 0 aliphatic carbocycles. The molecule has 2 aliphatic heterocycles. The maximum atomic E-state index is 12.7. The minimum Gasteiger partial charge on any atom is -0.379 e. The molecular formula is C17H23N3O4S2. The Bertz CT molecular complexity index is 674. The van der Waals surface area contributed by atoms with Crippen molar-refractivity contribution in [2.45, 2.75) is 16.9 Å². The van der Waals surface area contributed by atoms with E-state index in [-0.39, 0.29) is 22.7 Å². The molecule has 0 bridgehead atoms. The predicted octanol–water partition coefficient (Wildman–Crippen LogP) is 2.25. The molecule has 2 saturated heterocycles. The first kappa shape index (κ1) is 19.5. The third-order valence-corrected chi connectivity index (χ3v) is 6.95. The maximum absolute atomic E-state index is 12.7. The quantitative estimate of drug-likeness (QED) is 0.448. The highest BCUT2D eigenvalue weighted by atomic mass is 32.2. The van der Waals surface area contributed by atoms with Crippen molar-refractivity contribution in [3.05, 3.63) is 33.9 Å². The number of nitrogens with zero attached hydrogens (tertiary/aromatic N) is 2. The lowest BCUT2D eigenvalue weighted by molar-refractivity contribution is -0.385. The van der Waals surface area contributed by atoms with Crippen LogP contribution in [0.4, 0.5) is 5.69 Å². The van der Waals surface area contributed by atoms with Gasteiger partial charge in [0.15, 0.2) is 0 Å². The Morgan fingerprint density at radius 3 is 2.85 bits per heavy atom. The largest absolute Gasteiger partial charge is 0.379 e. The summed E-state index contributed by atoms with van der Waals surface area (Å²) in [4.78, 5) is 26.8. The number of nitro groups is 1. The molecule has 1 aromatic carbocycles. The summed E-state index contributed by atoms with van der Waals surface area (Å²) in [7, 11) is 0. The standard InChI is InChI=1S/C17H23N3O4S2/c1-25-13-2-3-15(20(22)23)14(10-13)16(21)18-11-17(4-9-26-12-17)19-5-7-24-8-6-19/h2-3,10H,4-9,11-12H2,1H3,(H,18,21). The van der Waals surface area contributed by atoms with Crippen LogP contribution in [0.25, 0.3) is 0 Å². The van der Waals surface area contributed by atoms with E-state index in [9.17, 15) is 14.9 Å². The minimum atomic E-state index is -0.498. The summed E-state index contributed by atoms with van der Waals surface area (Å²) < 4.78 is 5.45. The Hall–Kier alpha value is -1.29. The number of thioether (sulfide) groups is 2. The van der Waals surface area contributed by atoms with Crippen molar-refractivity contribution in [2.75, 3.05) is 50.6 Å². The summed E-state index contributed by atoms with van der Waals surface area (Å²) >= 11 is 3.35. The second kappa shape index (κ2) is 8.60. The molecule has 1 amide bonds. The second-order valence-corrected chi connectivity index (χ2v) is 8.43. The first-order valence-corrected chi connectivity index (χ1v) is 10.9. The SMILES string of the molecule is CSc1ccc([N+](=O)[O-])c(C(=O)NCC2(N3CCOCC3)CCSC2)c1. The van der Waals surface area contributed by atoms with Gasteiger partial charge in [-0.3, -0.25) is 19.8 Å². The topological polar surface area (TPSA) is 84.7 Å². The zero-order valence-corrected chi connectivity index (χ0v) is 16.4. The van der Waals surface area contributed by atoms with Gasteiger partial charge >= 0.3 is 0 Å². The van der Waals surface area contributed by atoms with Crippen LogP contribution in [0.2, 0.25) is 0 Å². The van der Waals surface area contributed by atoms with Gasteiger partial charge in [0.2, 0.25) is 0 Å². The van der Waals surface area contributed by atoms with Crippen LogP contribution in [0.15, 0.2) is 23.1 Å². The third kappa shape index (κ3) is 4.16. The predicted molar refractivity (Wildman–Crippen MR) is 104 cm³/mol. The van der Waals surface area contributed by atoms with Crippen LogP contribution >= 0.6 is 23.5 Å². The van der Waals surface area contributed by atoms with Gasteiger partial charge in [0, 0.05) is 41.9 Å². The molecule has 1 atom stereocenters. The Balaban J connectivity index is 1.75. The van der Waals surface area contributed by atoms with E-state index in [1.54, 1.807) is 12.1 Å². The number of morpholine rings is 1. The molecular weight excluding hydrogens is 374 g/mol. The molecule has 2 fully saturated rings. The van der Waals surface area contributed by atoms with Gasteiger partial charge in [-0.2, -0.15) is 11.8 Å². The number of nitrogens with one attached hydrogen (secondary N) is 1. The van der Waals surface area contributed by atoms with Crippen LogP contribution in [0.5, 0.6) is 0 Å². The normalized spacial score (nSPS) is 23.7. The highest BCUT2D eigenvalue weighted by Crippen LogP contribution is 2.34. The first-order chi connectivity index (χ1) is 12.6. The molecule has 142 valence electrons. The van der Waals surface area contributed by atoms with E-state index in [0.717, 1.165) is 35.9 Å². The van der Waals surface area contributed by atoms with Gasteiger partial charge in [0.05, 0.1) is 18.1 Å². The molecule has 2 aliphatic rings. The number of ether oxygens (including phenoxy) is 1. The van der Waals surface area contributed by atoms with Crippen molar-refractivity contribution in [3.8, 4) is 0 Å². The first-order valence-electron chi connectivity index (χ1n) is 8.57. The number of carbonyl (C=O) groups is 1.